The molecule has 1 saturated heterocycles. The van der Waals surface area contributed by atoms with Crippen LogP contribution in [-0.4, -0.2) is 29.9 Å². The number of carbonyl (C=O) groups is 1. The Hall–Kier alpha value is -0.570. The van der Waals surface area contributed by atoms with E-state index in [4.69, 9.17) is 5.73 Å². The molecule has 0 saturated carbocycles. The fourth-order valence-corrected chi connectivity index (χ4v) is 1.76. The second-order valence-electron chi connectivity index (χ2n) is 3.59. The SMILES string of the molecule is CCC(N)C1CCN(C(C)=O)C1. The van der Waals surface area contributed by atoms with Crippen molar-refractivity contribution in [1.82, 2.24) is 4.90 Å². The van der Waals surface area contributed by atoms with Gasteiger partial charge in [0.25, 0.3) is 0 Å². The highest BCUT2D eigenvalue weighted by atomic mass is 16.2. The normalized spacial score (nSPS) is 25.9. The van der Waals surface area contributed by atoms with E-state index in [0.29, 0.717) is 5.92 Å². The van der Waals surface area contributed by atoms with Gasteiger partial charge in [-0.05, 0) is 18.8 Å². The van der Waals surface area contributed by atoms with Gasteiger partial charge in [-0.3, -0.25) is 4.79 Å². The highest BCUT2D eigenvalue weighted by molar-refractivity contribution is 5.73. The third-order valence-corrected chi connectivity index (χ3v) is 2.75. The molecule has 0 aromatic carbocycles. The van der Waals surface area contributed by atoms with Crippen LogP contribution in [0.15, 0.2) is 0 Å². The van der Waals surface area contributed by atoms with E-state index in [1.54, 1.807) is 6.92 Å². The zero-order valence-electron chi connectivity index (χ0n) is 7.92. The summed E-state index contributed by atoms with van der Waals surface area (Å²) < 4.78 is 0. The molecular formula is C9H18N2O. The first-order valence-electron chi connectivity index (χ1n) is 4.66. The summed E-state index contributed by atoms with van der Waals surface area (Å²) in [5, 5.41) is 0. The van der Waals surface area contributed by atoms with E-state index in [0.717, 1.165) is 25.9 Å². The largest absolute Gasteiger partial charge is 0.343 e. The molecule has 1 amide bonds. The van der Waals surface area contributed by atoms with Gasteiger partial charge in [0.2, 0.25) is 5.91 Å². The number of carbonyl (C=O) groups excluding carboxylic acids is 1. The lowest BCUT2D eigenvalue weighted by molar-refractivity contribution is -0.127. The maximum atomic E-state index is 11.0. The fourth-order valence-electron chi connectivity index (χ4n) is 1.76. The van der Waals surface area contributed by atoms with Crippen molar-refractivity contribution in [3.8, 4) is 0 Å². The number of rotatable bonds is 2. The molecule has 0 aromatic rings. The van der Waals surface area contributed by atoms with Crippen LogP contribution >= 0.6 is 0 Å². The number of nitrogens with two attached hydrogens (primary N) is 1. The van der Waals surface area contributed by atoms with E-state index in [2.05, 4.69) is 6.92 Å². The highest BCUT2D eigenvalue weighted by Gasteiger charge is 2.27. The van der Waals surface area contributed by atoms with Crippen molar-refractivity contribution in [2.75, 3.05) is 13.1 Å². The Kier molecular flexibility index (Phi) is 3.09. The fraction of sp³-hybridized carbons (Fsp3) is 0.889. The monoisotopic (exact) mass is 170 g/mol. The summed E-state index contributed by atoms with van der Waals surface area (Å²) in [6, 6.07) is 0.273. The van der Waals surface area contributed by atoms with Gasteiger partial charge in [0, 0.05) is 26.1 Å². The minimum absolute atomic E-state index is 0.181. The van der Waals surface area contributed by atoms with Crippen LogP contribution in [0, 0.1) is 5.92 Å². The van der Waals surface area contributed by atoms with Crippen LogP contribution in [0.4, 0.5) is 0 Å². The Balaban J connectivity index is 2.40. The average Bonchev–Trinajstić information content (AvgIpc) is 2.51. The number of amides is 1. The molecule has 0 aromatic heterocycles. The van der Waals surface area contributed by atoms with E-state index < -0.39 is 0 Å². The van der Waals surface area contributed by atoms with E-state index in [1.807, 2.05) is 4.90 Å². The lowest BCUT2D eigenvalue weighted by Crippen LogP contribution is -2.33. The van der Waals surface area contributed by atoms with Crippen LogP contribution in [0.5, 0.6) is 0 Å². The predicted octanol–water partition coefficient (Wildman–Crippen LogP) is 0.592. The third kappa shape index (κ3) is 1.97. The molecule has 2 atom stereocenters. The summed E-state index contributed by atoms with van der Waals surface area (Å²) in [5.41, 5.74) is 5.90. The summed E-state index contributed by atoms with van der Waals surface area (Å²) in [6.45, 7) is 5.49. The zero-order valence-corrected chi connectivity index (χ0v) is 7.92. The molecule has 0 radical (unpaired) electrons. The van der Waals surface area contributed by atoms with Crippen molar-refractivity contribution in [3.05, 3.63) is 0 Å². The molecule has 0 bridgehead atoms. The van der Waals surface area contributed by atoms with Crippen molar-refractivity contribution in [1.29, 1.82) is 0 Å². The van der Waals surface area contributed by atoms with Crippen LogP contribution in [0.3, 0.4) is 0 Å². The van der Waals surface area contributed by atoms with E-state index >= 15 is 0 Å². The first-order chi connectivity index (χ1) is 5.65. The smallest absolute Gasteiger partial charge is 0.219 e. The maximum Gasteiger partial charge on any atom is 0.219 e. The van der Waals surface area contributed by atoms with Gasteiger partial charge in [-0.1, -0.05) is 6.92 Å². The lowest BCUT2D eigenvalue weighted by Gasteiger charge is -2.18. The van der Waals surface area contributed by atoms with Gasteiger partial charge in [0.15, 0.2) is 0 Å². The Morgan fingerprint density at radius 2 is 2.42 bits per heavy atom. The molecule has 1 aliphatic heterocycles. The van der Waals surface area contributed by atoms with Crippen molar-refractivity contribution in [2.24, 2.45) is 11.7 Å². The minimum Gasteiger partial charge on any atom is -0.343 e. The van der Waals surface area contributed by atoms with Crippen LogP contribution in [0.1, 0.15) is 26.7 Å². The Morgan fingerprint density at radius 1 is 1.75 bits per heavy atom. The molecule has 2 unspecified atom stereocenters. The quantitative estimate of drug-likeness (QED) is 0.659. The standard InChI is InChI=1S/C9H18N2O/c1-3-9(10)8-4-5-11(6-8)7(2)12/h8-9H,3-6,10H2,1-2H3. The van der Waals surface area contributed by atoms with Gasteiger partial charge in [-0.25, -0.2) is 0 Å². The maximum absolute atomic E-state index is 11.0. The number of hydrogen-bond donors (Lipinski definition) is 1. The number of likely N-dealkylation sites (tertiary alicyclic amines) is 1. The topological polar surface area (TPSA) is 46.3 Å². The van der Waals surface area contributed by atoms with Crippen LogP contribution in [0.2, 0.25) is 0 Å². The Bertz CT molecular complexity index is 170. The Morgan fingerprint density at radius 3 is 2.83 bits per heavy atom. The van der Waals surface area contributed by atoms with Gasteiger partial charge in [0.1, 0.15) is 0 Å². The van der Waals surface area contributed by atoms with Crippen molar-refractivity contribution >= 4 is 5.91 Å². The van der Waals surface area contributed by atoms with E-state index in [1.165, 1.54) is 0 Å². The van der Waals surface area contributed by atoms with Crippen molar-refractivity contribution < 1.29 is 4.79 Å². The van der Waals surface area contributed by atoms with E-state index in [9.17, 15) is 4.79 Å². The van der Waals surface area contributed by atoms with Crippen molar-refractivity contribution in [3.63, 3.8) is 0 Å². The predicted molar refractivity (Wildman–Crippen MR) is 48.6 cm³/mol. The van der Waals surface area contributed by atoms with Gasteiger partial charge in [-0.2, -0.15) is 0 Å². The lowest BCUT2D eigenvalue weighted by atomic mass is 9.98. The second-order valence-corrected chi connectivity index (χ2v) is 3.59. The number of hydrogen-bond acceptors (Lipinski definition) is 2. The third-order valence-electron chi connectivity index (χ3n) is 2.75. The molecular weight excluding hydrogens is 152 g/mol. The van der Waals surface area contributed by atoms with Crippen LogP contribution in [0.25, 0.3) is 0 Å². The zero-order chi connectivity index (χ0) is 9.14. The Labute approximate surface area is 73.9 Å². The molecule has 1 rings (SSSR count). The van der Waals surface area contributed by atoms with Gasteiger partial charge >= 0.3 is 0 Å². The molecule has 70 valence electrons. The molecule has 1 heterocycles. The van der Waals surface area contributed by atoms with Crippen LogP contribution in [-0.2, 0) is 4.79 Å². The molecule has 3 heteroatoms. The first-order valence-corrected chi connectivity index (χ1v) is 4.66. The van der Waals surface area contributed by atoms with E-state index in [-0.39, 0.29) is 11.9 Å². The summed E-state index contributed by atoms with van der Waals surface area (Å²) >= 11 is 0. The van der Waals surface area contributed by atoms with Gasteiger partial charge in [-0.15, -0.1) is 0 Å². The average molecular weight is 170 g/mol. The molecule has 2 N–H and O–H groups in total. The van der Waals surface area contributed by atoms with Gasteiger partial charge < -0.3 is 10.6 Å². The molecule has 3 nitrogen and oxygen atoms in total. The molecule has 1 aliphatic rings. The summed E-state index contributed by atoms with van der Waals surface area (Å²) in [4.78, 5) is 12.9. The minimum atomic E-state index is 0.181. The summed E-state index contributed by atoms with van der Waals surface area (Å²) in [6.07, 6.45) is 2.09. The second kappa shape index (κ2) is 3.90. The summed E-state index contributed by atoms with van der Waals surface area (Å²) in [7, 11) is 0. The van der Waals surface area contributed by atoms with Crippen LogP contribution < -0.4 is 5.73 Å². The summed E-state index contributed by atoms with van der Waals surface area (Å²) in [5.74, 6) is 0.708. The van der Waals surface area contributed by atoms with Gasteiger partial charge in [0.05, 0.1) is 0 Å². The number of nitrogens with zero attached hydrogens (tertiary/aromatic N) is 1. The van der Waals surface area contributed by atoms with Crippen molar-refractivity contribution in [2.45, 2.75) is 32.7 Å². The molecule has 12 heavy (non-hydrogen) atoms. The first kappa shape index (κ1) is 9.52. The molecule has 0 aliphatic carbocycles. The molecule has 0 spiro atoms. The highest BCUT2D eigenvalue weighted by Crippen LogP contribution is 2.19. The molecule has 1 fully saturated rings.